The van der Waals surface area contributed by atoms with E-state index >= 15 is 0 Å². The molecule has 0 bridgehead atoms. The van der Waals surface area contributed by atoms with Crippen LogP contribution in [0.25, 0.3) is 0 Å². The number of aryl methyl sites for hydroxylation is 1. The van der Waals surface area contributed by atoms with E-state index in [-0.39, 0.29) is 11.7 Å². The number of H-pyrrole nitrogens is 1. The standard InChI is InChI=1S/C10H18ClN3O2S/c1-3-4-9-5-10(13-12-9)14-17(15,16)7-8(2)6-11/h5,8H,3-4,6-7H2,1-2H3,(H2,12,13,14). The number of nitrogens with one attached hydrogen (secondary N) is 2. The molecule has 1 unspecified atom stereocenters. The zero-order valence-corrected chi connectivity index (χ0v) is 11.6. The molecule has 0 aliphatic heterocycles. The van der Waals surface area contributed by atoms with Gasteiger partial charge < -0.3 is 0 Å². The molecule has 1 rings (SSSR count). The number of sulfonamides is 1. The summed E-state index contributed by atoms with van der Waals surface area (Å²) in [6.07, 6.45) is 1.84. The largest absolute Gasteiger partial charge is 0.280 e. The molecule has 0 saturated carbocycles. The summed E-state index contributed by atoms with van der Waals surface area (Å²) in [4.78, 5) is 0. The van der Waals surface area contributed by atoms with Gasteiger partial charge in [-0.05, 0) is 12.3 Å². The van der Waals surface area contributed by atoms with Crippen molar-refractivity contribution in [3.8, 4) is 0 Å². The number of aromatic nitrogens is 2. The van der Waals surface area contributed by atoms with E-state index in [0.717, 1.165) is 18.5 Å². The van der Waals surface area contributed by atoms with E-state index in [1.54, 1.807) is 13.0 Å². The van der Waals surface area contributed by atoms with Crippen molar-refractivity contribution in [1.29, 1.82) is 0 Å². The minimum absolute atomic E-state index is 0.00642. The van der Waals surface area contributed by atoms with E-state index in [4.69, 9.17) is 11.6 Å². The fraction of sp³-hybridized carbons (Fsp3) is 0.700. The molecular weight excluding hydrogens is 262 g/mol. The van der Waals surface area contributed by atoms with Gasteiger partial charge in [0.2, 0.25) is 10.0 Å². The maximum Gasteiger partial charge on any atom is 0.234 e. The number of hydrogen-bond acceptors (Lipinski definition) is 3. The fourth-order valence-electron chi connectivity index (χ4n) is 1.43. The Bertz CT molecular complexity index is 444. The molecule has 0 saturated heterocycles. The van der Waals surface area contributed by atoms with E-state index in [1.165, 1.54) is 0 Å². The highest BCUT2D eigenvalue weighted by Crippen LogP contribution is 2.11. The number of rotatable bonds is 7. The summed E-state index contributed by atoms with van der Waals surface area (Å²) in [6, 6.07) is 1.71. The molecule has 0 aliphatic rings. The number of aromatic amines is 1. The minimum atomic E-state index is -3.36. The molecule has 1 heterocycles. The second-order valence-corrected chi connectivity index (χ2v) is 6.25. The summed E-state index contributed by atoms with van der Waals surface area (Å²) in [7, 11) is -3.36. The lowest BCUT2D eigenvalue weighted by molar-refractivity contribution is 0.588. The third kappa shape index (κ3) is 4.95. The molecule has 1 aromatic rings. The summed E-state index contributed by atoms with van der Waals surface area (Å²) in [5.41, 5.74) is 0.926. The second-order valence-electron chi connectivity index (χ2n) is 4.17. The first-order chi connectivity index (χ1) is 7.96. The van der Waals surface area contributed by atoms with Crippen LogP contribution in [-0.4, -0.2) is 30.2 Å². The SMILES string of the molecule is CCCc1cc(NS(=O)(=O)CC(C)CCl)n[nH]1. The van der Waals surface area contributed by atoms with Gasteiger partial charge in [-0.1, -0.05) is 20.3 Å². The van der Waals surface area contributed by atoms with E-state index in [0.29, 0.717) is 11.7 Å². The van der Waals surface area contributed by atoms with Crippen molar-refractivity contribution in [3.05, 3.63) is 11.8 Å². The first-order valence-electron chi connectivity index (χ1n) is 5.57. The smallest absolute Gasteiger partial charge is 0.234 e. The summed E-state index contributed by atoms with van der Waals surface area (Å²) in [5, 5.41) is 6.70. The van der Waals surface area contributed by atoms with Crippen molar-refractivity contribution in [3.63, 3.8) is 0 Å². The number of hydrogen-bond donors (Lipinski definition) is 2. The number of anilines is 1. The molecule has 5 nitrogen and oxygen atoms in total. The maximum atomic E-state index is 11.7. The zero-order valence-electron chi connectivity index (χ0n) is 10.0. The molecular formula is C10H18ClN3O2S. The van der Waals surface area contributed by atoms with E-state index in [9.17, 15) is 8.42 Å². The predicted molar refractivity (Wildman–Crippen MR) is 69.9 cm³/mol. The van der Waals surface area contributed by atoms with E-state index in [1.807, 2.05) is 6.92 Å². The van der Waals surface area contributed by atoms with Crippen LogP contribution in [0.2, 0.25) is 0 Å². The van der Waals surface area contributed by atoms with Crippen LogP contribution in [0.5, 0.6) is 0 Å². The van der Waals surface area contributed by atoms with Crippen molar-refractivity contribution in [2.75, 3.05) is 16.4 Å². The molecule has 17 heavy (non-hydrogen) atoms. The van der Waals surface area contributed by atoms with Gasteiger partial charge in [0.25, 0.3) is 0 Å². The Hall–Kier alpha value is -0.750. The van der Waals surface area contributed by atoms with Crippen LogP contribution in [0.4, 0.5) is 5.82 Å². The van der Waals surface area contributed by atoms with Crippen LogP contribution in [0.15, 0.2) is 6.07 Å². The van der Waals surface area contributed by atoms with Gasteiger partial charge in [-0.25, -0.2) is 8.42 Å². The molecule has 2 N–H and O–H groups in total. The molecule has 7 heteroatoms. The lowest BCUT2D eigenvalue weighted by atomic mass is 10.2. The van der Waals surface area contributed by atoms with Gasteiger partial charge in [-0.2, -0.15) is 5.10 Å². The third-order valence-electron chi connectivity index (χ3n) is 2.18. The first-order valence-corrected chi connectivity index (χ1v) is 7.76. The Balaban J connectivity index is 2.63. The van der Waals surface area contributed by atoms with Crippen LogP contribution in [0, 0.1) is 5.92 Å². The molecule has 98 valence electrons. The molecule has 0 aromatic carbocycles. The molecule has 0 radical (unpaired) electrons. The van der Waals surface area contributed by atoms with Crippen LogP contribution in [0.3, 0.4) is 0 Å². The van der Waals surface area contributed by atoms with E-state index < -0.39 is 10.0 Å². The van der Waals surface area contributed by atoms with Gasteiger partial charge in [0.05, 0.1) is 5.75 Å². The summed E-state index contributed by atoms with van der Waals surface area (Å²) >= 11 is 5.59. The predicted octanol–water partition coefficient (Wildman–Crippen LogP) is 1.98. The van der Waals surface area contributed by atoms with Crippen molar-refractivity contribution in [2.24, 2.45) is 5.92 Å². The molecule has 1 atom stereocenters. The molecule has 0 amide bonds. The van der Waals surface area contributed by atoms with Crippen LogP contribution < -0.4 is 4.72 Å². The van der Waals surface area contributed by atoms with Crippen molar-refractivity contribution < 1.29 is 8.42 Å². The number of nitrogens with zero attached hydrogens (tertiary/aromatic N) is 1. The zero-order chi connectivity index (χ0) is 12.9. The lowest BCUT2D eigenvalue weighted by Gasteiger charge is -2.08. The van der Waals surface area contributed by atoms with Gasteiger partial charge in [0, 0.05) is 17.6 Å². The molecule has 1 aromatic heterocycles. The Kier molecular flexibility index (Phi) is 5.27. The monoisotopic (exact) mass is 279 g/mol. The number of alkyl halides is 1. The average Bonchev–Trinajstić information content (AvgIpc) is 2.64. The normalized spacial score (nSPS) is 13.6. The molecule has 0 aliphatic carbocycles. The molecule has 0 spiro atoms. The first kappa shape index (κ1) is 14.3. The average molecular weight is 280 g/mol. The minimum Gasteiger partial charge on any atom is -0.280 e. The van der Waals surface area contributed by atoms with Crippen molar-refractivity contribution in [2.45, 2.75) is 26.7 Å². The number of halogens is 1. The summed E-state index contributed by atoms with van der Waals surface area (Å²) in [6.45, 7) is 3.84. The highest BCUT2D eigenvalue weighted by atomic mass is 35.5. The van der Waals surface area contributed by atoms with Crippen LogP contribution in [0.1, 0.15) is 26.0 Å². The van der Waals surface area contributed by atoms with Gasteiger partial charge in [-0.15, -0.1) is 11.6 Å². The van der Waals surface area contributed by atoms with Gasteiger partial charge in [-0.3, -0.25) is 9.82 Å². The Morgan fingerprint density at radius 1 is 1.59 bits per heavy atom. The van der Waals surface area contributed by atoms with Crippen molar-refractivity contribution >= 4 is 27.4 Å². The summed E-state index contributed by atoms with van der Waals surface area (Å²) < 4.78 is 25.9. The highest BCUT2D eigenvalue weighted by molar-refractivity contribution is 7.92. The Labute approximate surface area is 107 Å². The quantitative estimate of drug-likeness (QED) is 0.750. The second kappa shape index (κ2) is 6.26. The highest BCUT2D eigenvalue weighted by Gasteiger charge is 2.16. The lowest BCUT2D eigenvalue weighted by Crippen LogP contribution is -2.22. The topological polar surface area (TPSA) is 74.8 Å². The third-order valence-corrected chi connectivity index (χ3v) is 4.23. The van der Waals surface area contributed by atoms with Crippen LogP contribution in [-0.2, 0) is 16.4 Å². The summed E-state index contributed by atoms with van der Waals surface area (Å²) in [5.74, 6) is 0.591. The fourth-order valence-corrected chi connectivity index (χ4v) is 3.04. The Morgan fingerprint density at radius 3 is 2.88 bits per heavy atom. The van der Waals surface area contributed by atoms with Crippen LogP contribution >= 0.6 is 11.6 Å². The van der Waals surface area contributed by atoms with Crippen molar-refractivity contribution in [1.82, 2.24) is 10.2 Å². The Morgan fingerprint density at radius 2 is 2.29 bits per heavy atom. The van der Waals surface area contributed by atoms with Gasteiger partial charge in [0.1, 0.15) is 0 Å². The van der Waals surface area contributed by atoms with E-state index in [2.05, 4.69) is 14.9 Å². The molecule has 0 fully saturated rings. The van der Waals surface area contributed by atoms with Gasteiger partial charge >= 0.3 is 0 Å². The maximum absolute atomic E-state index is 11.7. The van der Waals surface area contributed by atoms with Gasteiger partial charge in [0.15, 0.2) is 5.82 Å².